The number of ether oxygens (including phenoxy) is 2. The van der Waals surface area contributed by atoms with Gasteiger partial charge in [0, 0.05) is 7.11 Å². The minimum atomic E-state index is -0.464. The first-order valence-electron chi connectivity index (χ1n) is 6.81. The summed E-state index contributed by atoms with van der Waals surface area (Å²) < 4.78 is 23.6. The molecule has 0 radical (unpaired) electrons. The molecule has 118 valence electrons. The van der Waals surface area contributed by atoms with E-state index in [4.69, 9.17) is 9.47 Å². The topological polar surface area (TPSA) is 61.6 Å². The lowest BCUT2D eigenvalue weighted by molar-refractivity contribution is 0.112. The second-order valence-corrected chi connectivity index (χ2v) is 4.29. The van der Waals surface area contributed by atoms with Crippen molar-refractivity contribution in [1.29, 1.82) is 0 Å². The summed E-state index contributed by atoms with van der Waals surface area (Å²) in [7, 11) is 3.16. The Kier molecular flexibility index (Phi) is 7.81. The molecule has 0 aromatic heterocycles. The van der Waals surface area contributed by atoms with Crippen molar-refractivity contribution in [3.63, 3.8) is 0 Å². The van der Waals surface area contributed by atoms with Crippen molar-refractivity contribution >= 4 is 6.29 Å². The van der Waals surface area contributed by atoms with E-state index in [1.165, 1.54) is 19.2 Å². The molecule has 5 heteroatoms. The number of rotatable bonds is 6. The Balaban J connectivity index is 0.00000116. The minimum Gasteiger partial charge on any atom is -0.457 e. The summed E-state index contributed by atoms with van der Waals surface area (Å²) in [6.07, 6.45) is 1.40. The summed E-state index contributed by atoms with van der Waals surface area (Å²) in [5.41, 5.74) is 5.82. The van der Waals surface area contributed by atoms with Gasteiger partial charge in [-0.25, -0.2) is 4.39 Å². The molecular weight excluding hydrogens is 285 g/mol. The summed E-state index contributed by atoms with van der Waals surface area (Å²) in [6, 6.07) is 11.3. The van der Waals surface area contributed by atoms with Crippen LogP contribution in [0.3, 0.4) is 0 Å². The highest BCUT2D eigenvalue weighted by Gasteiger charge is 2.06. The molecule has 2 rings (SSSR count). The molecule has 0 aliphatic heterocycles. The lowest BCUT2D eigenvalue weighted by atomic mass is 10.1. The predicted molar refractivity (Wildman–Crippen MR) is 84.0 cm³/mol. The lowest BCUT2D eigenvalue weighted by Gasteiger charge is -2.08. The molecule has 0 heterocycles. The zero-order chi connectivity index (χ0) is 16.4. The Morgan fingerprint density at radius 1 is 1.14 bits per heavy atom. The first-order valence-corrected chi connectivity index (χ1v) is 6.81. The van der Waals surface area contributed by atoms with E-state index in [-0.39, 0.29) is 5.56 Å². The Morgan fingerprint density at radius 3 is 2.41 bits per heavy atom. The zero-order valence-electron chi connectivity index (χ0n) is 12.7. The monoisotopic (exact) mass is 305 g/mol. The largest absolute Gasteiger partial charge is 0.457 e. The second-order valence-electron chi connectivity index (χ2n) is 4.29. The number of halogens is 1. The third-order valence-electron chi connectivity index (χ3n) is 2.84. The number of nitrogens with two attached hydrogens (primary N) is 1. The van der Waals surface area contributed by atoms with Gasteiger partial charge in [-0.15, -0.1) is 0 Å². The van der Waals surface area contributed by atoms with Crippen molar-refractivity contribution in [1.82, 2.24) is 0 Å². The minimum absolute atomic E-state index is 0.188. The highest BCUT2D eigenvalue weighted by atomic mass is 19.1. The van der Waals surface area contributed by atoms with Crippen LogP contribution in [0.4, 0.5) is 4.39 Å². The van der Waals surface area contributed by atoms with E-state index in [1.54, 1.807) is 7.11 Å². The standard InChI is InChI=1S/C16H15FO3.CH5N/c1-19-9-8-12-2-5-15(6-3-12)20-16-7-4-14(17)10-13(16)11-18;1-2/h2-7,10-11H,8-9H2,1H3;2H2,1H3. The van der Waals surface area contributed by atoms with Crippen molar-refractivity contribution in [3.8, 4) is 11.5 Å². The summed E-state index contributed by atoms with van der Waals surface area (Å²) in [5.74, 6) is 0.473. The van der Waals surface area contributed by atoms with Gasteiger partial charge in [-0.05, 0) is 49.4 Å². The molecule has 0 atom stereocenters. The fourth-order valence-corrected chi connectivity index (χ4v) is 1.78. The van der Waals surface area contributed by atoms with Crippen LogP contribution in [0.2, 0.25) is 0 Å². The van der Waals surface area contributed by atoms with Crippen LogP contribution in [-0.2, 0) is 11.2 Å². The third kappa shape index (κ3) is 5.27. The fraction of sp³-hybridized carbons (Fsp3) is 0.235. The Hall–Kier alpha value is -2.24. The second kappa shape index (κ2) is 9.65. The molecule has 2 N–H and O–H groups in total. The summed E-state index contributed by atoms with van der Waals surface area (Å²) >= 11 is 0. The van der Waals surface area contributed by atoms with Crippen molar-refractivity contribution < 1.29 is 18.7 Å². The van der Waals surface area contributed by atoms with Gasteiger partial charge in [0.05, 0.1) is 12.2 Å². The van der Waals surface area contributed by atoms with Gasteiger partial charge in [-0.2, -0.15) is 0 Å². The smallest absolute Gasteiger partial charge is 0.153 e. The van der Waals surface area contributed by atoms with Crippen LogP contribution in [0.5, 0.6) is 11.5 Å². The molecule has 0 fully saturated rings. The average molecular weight is 305 g/mol. The molecule has 0 bridgehead atoms. The number of carbonyl (C=O) groups is 1. The lowest BCUT2D eigenvalue weighted by Crippen LogP contribution is -1.95. The maximum Gasteiger partial charge on any atom is 0.153 e. The molecule has 0 amide bonds. The molecule has 22 heavy (non-hydrogen) atoms. The highest BCUT2D eigenvalue weighted by molar-refractivity contribution is 5.79. The van der Waals surface area contributed by atoms with E-state index in [9.17, 15) is 9.18 Å². The summed E-state index contributed by atoms with van der Waals surface area (Å²) in [4.78, 5) is 10.9. The first-order chi connectivity index (χ1) is 10.7. The maximum absolute atomic E-state index is 13.0. The highest BCUT2D eigenvalue weighted by Crippen LogP contribution is 2.25. The van der Waals surface area contributed by atoms with E-state index in [0.717, 1.165) is 18.1 Å². The van der Waals surface area contributed by atoms with Gasteiger partial charge in [0.25, 0.3) is 0 Å². The van der Waals surface area contributed by atoms with Gasteiger partial charge in [-0.1, -0.05) is 12.1 Å². The Morgan fingerprint density at radius 2 is 1.82 bits per heavy atom. The average Bonchev–Trinajstić information content (AvgIpc) is 2.57. The van der Waals surface area contributed by atoms with E-state index in [0.29, 0.717) is 24.4 Å². The van der Waals surface area contributed by atoms with Crippen LogP contribution >= 0.6 is 0 Å². The number of aldehydes is 1. The molecule has 2 aromatic carbocycles. The number of hydrogen-bond donors (Lipinski definition) is 1. The zero-order valence-corrected chi connectivity index (χ0v) is 12.7. The van der Waals surface area contributed by atoms with Crippen LogP contribution in [0, 0.1) is 5.82 Å². The van der Waals surface area contributed by atoms with Crippen LogP contribution in [-0.4, -0.2) is 27.1 Å². The van der Waals surface area contributed by atoms with E-state index < -0.39 is 5.82 Å². The van der Waals surface area contributed by atoms with Gasteiger partial charge in [0.1, 0.15) is 17.3 Å². The van der Waals surface area contributed by atoms with Crippen LogP contribution in [0.1, 0.15) is 15.9 Å². The van der Waals surface area contributed by atoms with Crippen molar-refractivity contribution in [3.05, 3.63) is 59.4 Å². The first kappa shape index (κ1) is 17.8. The SMILES string of the molecule is CN.COCCc1ccc(Oc2ccc(F)cc2C=O)cc1. The summed E-state index contributed by atoms with van der Waals surface area (Å²) in [6.45, 7) is 0.660. The molecule has 0 saturated heterocycles. The molecule has 0 spiro atoms. The number of carbonyl (C=O) groups excluding carboxylic acids is 1. The molecule has 0 aliphatic carbocycles. The van der Waals surface area contributed by atoms with E-state index in [2.05, 4.69) is 5.73 Å². The number of benzene rings is 2. The normalized spacial score (nSPS) is 9.64. The maximum atomic E-state index is 13.0. The predicted octanol–water partition coefficient (Wildman–Crippen LogP) is 3.19. The Bertz CT molecular complexity index is 585. The van der Waals surface area contributed by atoms with Crippen molar-refractivity contribution in [2.24, 2.45) is 5.73 Å². The van der Waals surface area contributed by atoms with Gasteiger partial charge in [0.15, 0.2) is 6.29 Å². The van der Waals surface area contributed by atoms with Crippen molar-refractivity contribution in [2.75, 3.05) is 20.8 Å². The molecule has 0 aliphatic rings. The number of methoxy groups -OCH3 is 1. The Labute approximate surface area is 129 Å². The van der Waals surface area contributed by atoms with Gasteiger partial charge in [-0.3, -0.25) is 4.79 Å². The van der Waals surface area contributed by atoms with Crippen LogP contribution in [0.15, 0.2) is 42.5 Å². The van der Waals surface area contributed by atoms with Gasteiger partial charge < -0.3 is 15.2 Å². The fourth-order valence-electron chi connectivity index (χ4n) is 1.78. The van der Waals surface area contributed by atoms with E-state index >= 15 is 0 Å². The van der Waals surface area contributed by atoms with Crippen LogP contribution < -0.4 is 10.5 Å². The summed E-state index contributed by atoms with van der Waals surface area (Å²) in [5, 5.41) is 0. The van der Waals surface area contributed by atoms with Gasteiger partial charge >= 0.3 is 0 Å². The van der Waals surface area contributed by atoms with Crippen molar-refractivity contribution in [2.45, 2.75) is 6.42 Å². The van der Waals surface area contributed by atoms with Gasteiger partial charge in [0.2, 0.25) is 0 Å². The molecule has 0 unspecified atom stereocenters. The quantitative estimate of drug-likeness (QED) is 0.833. The molecule has 0 saturated carbocycles. The molecule has 4 nitrogen and oxygen atoms in total. The molecular formula is C17H20FNO3. The van der Waals surface area contributed by atoms with Crippen LogP contribution in [0.25, 0.3) is 0 Å². The third-order valence-corrected chi connectivity index (χ3v) is 2.84. The van der Waals surface area contributed by atoms with E-state index in [1.807, 2.05) is 24.3 Å². The molecule has 2 aromatic rings. The number of hydrogen-bond acceptors (Lipinski definition) is 4.